The standard InChI is InChI=1S/C16H20N2O2/c1-10-6-7-15(19-4)14(17-10)8-13-9-16(20-5)12(3)18-11(13)2/h6-7,9H,8H2,1-5H3. The van der Waals surface area contributed by atoms with E-state index in [1.165, 1.54) is 0 Å². The molecule has 106 valence electrons. The van der Waals surface area contributed by atoms with Crippen molar-refractivity contribution in [3.05, 3.63) is 46.5 Å². The largest absolute Gasteiger partial charge is 0.495 e. The molecule has 0 aromatic carbocycles. The summed E-state index contributed by atoms with van der Waals surface area (Å²) in [5, 5.41) is 0. The Bertz CT molecular complexity index is 624. The summed E-state index contributed by atoms with van der Waals surface area (Å²) < 4.78 is 10.7. The zero-order valence-electron chi connectivity index (χ0n) is 12.7. The Morgan fingerprint density at radius 3 is 2.25 bits per heavy atom. The van der Waals surface area contributed by atoms with E-state index in [9.17, 15) is 0 Å². The number of nitrogens with zero attached hydrogens (tertiary/aromatic N) is 2. The molecule has 0 saturated heterocycles. The molecule has 0 saturated carbocycles. The third-order valence-electron chi connectivity index (χ3n) is 3.33. The van der Waals surface area contributed by atoms with Crippen LogP contribution in [0.5, 0.6) is 11.5 Å². The zero-order valence-corrected chi connectivity index (χ0v) is 12.7. The lowest BCUT2D eigenvalue weighted by molar-refractivity contribution is 0.405. The lowest BCUT2D eigenvalue weighted by atomic mass is 10.1. The molecule has 2 heterocycles. The summed E-state index contributed by atoms with van der Waals surface area (Å²) in [7, 11) is 3.32. The summed E-state index contributed by atoms with van der Waals surface area (Å²) in [6.45, 7) is 5.93. The monoisotopic (exact) mass is 272 g/mol. The lowest BCUT2D eigenvalue weighted by Crippen LogP contribution is -2.03. The van der Waals surface area contributed by atoms with Crippen molar-refractivity contribution in [1.82, 2.24) is 9.97 Å². The number of methoxy groups -OCH3 is 2. The minimum Gasteiger partial charge on any atom is -0.495 e. The van der Waals surface area contributed by atoms with Crippen molar-refractivity contribution in [2.45, 2.75) is 27.2 Å². The van der Waals surface area contributed by atoms with Crippen molar-refractivity contribution in [2.24, 2.45) is 0 Å². The Balaban J connectivity index is 2.41. The van der Waals surface area contributed by atoms with Gasteiger partial charge in [0.15, 0.2) is 0 Å². The molecular formula is C16H20N2O2. The summed E-state index contributed by atoms with van der Waals surface area (Å²) >= 11 is 0. The average Bonchev–Trinajstić information content (AvgIpc) is 2.42. The smallest absolute Gasteiger partial charge is 0.140 e. The molecule has 0 spiro atoms. The molecule has 0 atom stereocenters. The predicted octanol–water partition coefficient (Wildman–Crippen LogP) is 3.01. The second kappa shape index (κ2) is 5.90. The predicted molar refractivity (Wildman–Crippen MR) is 78.6 cm³/mol. The Labute approximate surface area is 119 Å². The average molecular weight is 272 g/mol. The first-order chi connectivity index (χ1) is 9.55. The molecule has 20 heavy (non-hydrogen) atoms. The molecule has 0 amide bonds. The summed E-state index contributed by atoms with van der Waals surface area (Å²) in [5.41, 5.74) is 4.89. The van der Waals surface area contributed by atoms with Gasteiger partial charge in [0, 0.05) is 17.8 Å². The second-order valence-electron chi connectivity index (χ2n) is 4.80. The van der Waals surface area contributed by atoms with Crippen LogP contribution in [-0.4, -0.2) is 24.2 Å². The van der Waals surface area contributed by atoms with Gasteiger partial charge in [-0.1, -0.05) is 0 Å². The van der Waals surface area contributed by atoms with Gasteiger partial charge in [-0.25, -0.2) is 0 Å². The van der Waals surface area contributed by atoms with Crippen molar-refractivity contribution in [2.75, 3.05) is 14.2 Å². The Morgan fingerprint density at radius 2 is 1.60 bits per heavy atom. The van der Waals surface area contributed by atoms with Gasteiger partial charge in [0.1, 0.15) is 11.5 Å². The van der Waals surface area contributed by atoms with Crippen LogP contribution < -0.4 is 9.47 Å². The van der Waals surface area contributed by atoms with Gasteiger partial charge in [-0.3, -0.25) is 9.97 Å². The van der Waals surface area contributed by atoms with Gasteiger partial charge in [0.25, 0.3) is 0 Å². The van der Waals surface area contributed by atoms with E-state index in [0.717, 1.165) is 39.8 Å². The second-order valence-corrected chi connectivity index (χ2v) is 4.80. The van der Waals surface area contributed by atoms with Crippen LogP contribution in [0.1, 0.15) is 28.3 Å². The highest BCUT2D eigenvalue weighted by molar-refractivity contribution is 5.39. The highest BCUT2D eigenvalue weighted by atomic mass is 16.5. The molecule has 0 N–H and O–H groups in total. The number of aromatic nitrogens is 2. The van der Waals surface area contributed by atoms with Gasteiger partial charge < -0.3 is 9.47 Å². The number of ether oxygens (including phenoxy) is 2. The van der Waals surface area contributed by atoms with E-state index in [4.69, 9.17) is 9.47 Å². The van der Waals surface area contributed by atoms with Crippen molar-refractivity contribution >= 4 is 0 Å². The number of hydrogen-bond donors (Lipinski definition) is 0. The molecule has 2 aromatic rings. The van der Waals surface area contributed by atoms with E-state index in [1.807, 2.05) is 39.0 Å². The van der Waals surface area contributed by atoms with E-state index in [-0.39, 0.29) is 0 Å². The summed E-state index contributed by atoms with van der Waals surface area (Å²) in [4.78, 5) is 9.09. The summed E-state index contributed by atoms with van der Waals surface area (Å²) in [6, 6.07) is 5.93. The number of pyridine rings is 2. The Morgan fingerprint density at radius 1 is 0.900 bits per heavy atom. The number of rotatable bonds is 4. The highest BCUT2D eigenvalue weighted by Gasteiger charge is 2.11. The van der Waals surface area contributed by atoms with Crippen LogP contribution in [0.15, 0.2) is 18.2 Å². The van der Waals surface area contributed by atoms with Crippen LogP contribution in [0.25, 0.3) is 0 Å². The SMILES string of the molecule is COc1cc(Cc2nc(C)ccc2OC)c(C)nc1C. The molecule has 0 aliphatic rings. The third kappa shape index (κ3) is 2.90. The van der Waals surface area contributed by atoms with Gasteiger partial charge in [-0.15, -0.1) is 0 Å². The molecule has 0 bridgehead atoms. The van der Waals surface area contributed by atoms with E-state index >= 15 is 0 Å². The van der Waals surface area contributed by atoms with Gasteiger partial charge in [0.2, 0.25) is 0 Å². The number of aryl methyl sites for hydroxylation is 3. The fourth-order valence-electron chi connectivity index (χ4n) is 2.22. The lowest BCUT2D eigenvalue weighted by Gasteiger charge is -2.12. The number of hydrogen-bond acceptors (Lipinski definition) is 4. The van der Waals surface area contributed by atoms with Gasteiger partial charge in [-0.05, 0) is 44.5 Å². The van der Waals surface area contributed by atoms with Gasteiger partial charge in [-0.2, -0.15) is 0 Å². The maximum atomic E-state index is 5.38. The van der Waals surface area contributed by atoms with Crippen molar-refractivity contribution in [1.29, 1.82) is 0 Å². The van der Waals surface area contributed by atoms with E-state index in [0.29, 0.717) is 6.42 Å². The Hall–Kier alpha value is -2.10. The van der Waals surface area contributed by atoms with Crippen LogP contribution in [0.4, 0.5) is 0 Å². The van der Waals surface area contributed by atoms with E-state index < -0.39 is 0 Å². The highest BCUT2D eigenvalue weighted by Crippen LogP contribution is 2.25. The molecule has 0 unspecified atom stereocenters. The van der Waals surface area contributed by atoms with E-state index in [2.05, 4.69) is 9.97 Å². The van der Waals surface area contributed by atoms with Crippen LogP contribution in [0.2, 0.25) is 0 Å². The molecule has 0 aliphatic carbocycles. The first-order valence-electron chi connectivity index (χ1n) is 6.56. The minimum atomic E-state index is 0.681. The van der Waals surface area contributed by atoms with Crippen LogP contribution in [-0.2, 0) is 6.42 Å². The molecule has 0 fully saturated rings. The minimum absolute atomic E-state index is 0.681. The van der Waals surface area contributed by atoms with Crippen LogP contribution >= 0.6 is 0 Å². The van der Waals surface area contributed by atoms with Crippen molar-refractivity contribution in [3.8, 4) is 11.5 Å². The van der Waals surface area contributed by atoms with Crippen LogP contribution in [0, 0.1) is 20.8 Å². The van der Waals surface area contributed by atoms with Crippen molar-refractivity contribution < 1.29 is 9.47 Å². The molecule has 0 radical (unpaired) electrons. The van der Waals surface area contributed by atoms with Crippen molar-refractivity contribution in [3.63, 3.8) is 0 Å². The molecule has 2 rings (SSSR count). The van der Waals surface area contributed by atoms with E-state index in [1.54, 1.807) is 14.2 Å². The van der Waals surface area contributed by atoms with Gasteiger partial charge >= 0.3 is 0 Å². The molecule has 0 aliphatic heterocycles. The molecular weight excluding hydrogens is 252 g/mol. The molecule has 4 nitrogen and oxygen atoms in total. The van der Waals surface area contributed by atoms with Crippen LogP contribution in [0.3, 0.4) is 0 Å². The first-order valence-corrected chi connectivity index (χ1v) is 6.56. The quantitative estimate of drug-likeness (QED) is 0.858. The summed E-state index contributed by atoms with van der Waals surface area (Å²) in [5.74, 6) is 1.60. The first kappa shape index (κ1) is 14.3. The zero-order chi connectivity index (χ0) is 14.7. The molecule has 2 aromatic heterocycles. The maximum Gasteiger partial charge on any atom is 0.140 e. The molecule has 4 heteroatoms. The summed E-state index contributed by atoms with van der Waals surface area (Å²) in [6.07, 6.45) is 0.681. The fraction of sp³-hybridized carbons (Fsp3) is 0.375. The fourth-order valence-corrected chi connectivity index (χ4v) is 2.22. The third-order valence-corrected chi connectivity index (χ3v) is 3.33. The Kier molecular flexibility index (Phi) is 4.23. The van der Waals surface area contributed by atoms with Gasteiger partial charge in [0.05, 0.1) is 25.6 Å². The normalized spacial score (nSPS) is 10.4. The topological polar surface area (TPSA) is 44.2 Å². The maximum absolute atomic E-state index is 5.38.